The third-order valence-corrected chi connectivity index (χ3v) is 15.8. The Balaban J connectivity index is 1.08. The number of unbranched alkanes of at least 4 members (excludes halogenated alkanes) is 1. The highest BCUT2D eigenvalue weighted by Gasteiger charge is 2.41. The average Bonchev–Trinajstić information content (AvgIpc) is 1.28. The second-order valence-electron chi connectivity index (χ2n) is 24.2. The number of allylic oxidation sites excluding steroid dienone is 1. The minimum absolute atomic E-state index is 0.0782. The number of carbonyl (C=O) groups excluding carboxylic acids is 7. The van der Waals surface area contributed by atoms with E-state index in [1.54, 1.807) is 81.3 Å². The largest absolute Gasteiger partial charge is 0.478 e. The van der Waals surface area contributed by atoms with E-state index in [0.29, 0.717) is 59.7 Å². The van der Waals surface area contributed by atoms with Crippen LogP contribution in [0.15, 0.2) is 114 Å². The van der Waals surface area contributed by atoms with Crippen LogP contribution in [-0.4, -0.2) is 88.7 Å². The molecule has 0 radical (unpaired) electrons. The fraction of sp³-hybridized carbons (Fsp3) is 0.455. The van der Waals surface area contributed by atoms with Crippen LogP contribution in [0, 0.1) is 28.7 Å². The monoisotopic (exact) mass is 1170 g/mol. The molecule has 0 aromatic heterocycles. The smallest absolute Gasteiger partial charge is 0.411 e. The Kier molecular flexibility index (Phi) is 23.6. The molecule has 4 aromatic carbocycles. The summed E-state index contributed by atoms with van der Waals surface area (Å²) in [4.78, 5) is 110. The highest BCUT2D eigenvalue weighted by atomic mass is 16.5. The molecule has 19 heteroatoms. The van der Waals surface area contributed by atoms with E-state index in [2.05, 4.69) is 31.7 Å². The maximum atomic E-state index is 14.1. The Hall–Kier alpha value is -8.48. The van der Waals surface area contributed by atoms with Crippen molar-refractivity contribution in [3.05, 3.63) is 137 Å². The maximum absolute atomic E-state index is 14.1. The van der Waals surface area contributed by atoms with E-state index >= 15 is 0 Å². The zero-order chi connectivity index (χ0) is 63.1. The minimum Gasteiger partial charge on any atom is -0.478 e. The van der Waals surface area contributed by atoms with Crippen molar-refractivity contribution < 1.29 is 48.2 Å². The number of amides is 7. The lowest BCUT2D eigenvalue weighted by Gasteiger charge is -2.39. The van der Waals surface area contributed by atoms with E-state index < -0.39 is 64.8 Å². The molecule has 456 valence electrons. The Morgan fingerprint density at radius 1 is 0.741 bits per heavy atom. The van der Waals surface area contributed by atoms with Crippen LogP contribution < -0.4 is 31.5 Å². The number of carboxylic acids is 1. The number of aliphatic carboxylic acids is 1. The van der Waals surface area contributed by atoms with Gasteiger partial charge in [0.25, 0.3) is 0 Å². The Morgan fingerprint density at radius 3 is 1.99 bits per heavy atom. The molecule has 1 heterocycles. The molecule has 1 aliphatic rings. The molecule has 0 spiro atoms. The van der Waals surface area contributed by atoms with Crippen molar-refractivity contribution in [2.45, 2.75) is 165 Å². The highest BCUT2D eigenvalue weighted by molar-refractivity contribution is 6.02. The first kappa shape index (κ1) is 67.3. The predicted molar refractivity (Wildman–Crippen MR) is 331 cm³/mol. The van der Waals surface area contributed by atoms with Crippen molar-refractivity contribution in [3.63, 3.8) is 0 Å². The molecule has 1 unspecified atom stereocenters. The van der Waals surface area contributed by atoms with E-state index in [4.69, 9.17) is 10.3 Å². The zero-order valence-corrected chi connectivity index (χ0v) is 51.8. The number of rotatable bonds is 25. The molecule has 5 atom stereocenters. The number of ether oxygens (including phenoxy) is 1. The van der Waals surface area contributed by atoms with Gasteiger partial charge in [-0.1, -0.05) is 149 Å². The summed E-state index contributed by atoms with van der Waals surface area (Å²) < 4.78 is 5.52. The number of likely N-dealkylation sites (N-methyl/N-ethyl adjacent to an activating group) is 1. The summed E-state index contributed by atoms with van der Waals surface area (Å²) in [6.07, 6.45) is 2.55. The Morgan fingerprint density at radius 2 is 1.38 bits per heavy atom. The van der Waals surface area contributed by atoms with E-state index in [1.165, 1.54) is 18.7 Å². The molecule has 0 saturated heterocycles. The molecule has 19 nitrogen and oxygen atoms in total. The summed E-state index contributed by atoms with van der Waals surface area (Å²) in [6.45, 7) is 23.8. The Labute approximate surface area is 500 Å². The molecule has 1 aliphatic heterocycles. The van der Waals surface area contributed by atoms with Crippen LogP contribution in [0.4, 0.5) is 21.9 Å². The summed E-state index contributed by atoms with van der Waals surface area (Å²) in [6, 6.07) is 25.7. The summed E-state index contributed by atoms with van der Waals surface area (Å²) in [7, 11) is 1.62. The van der Waals surface area contributed by atoms with Gasteiger partial charge in [0.2, 0.25) is 35.4 Å². The number of nitrogens with zero attached hydrogens (tertiary/aromatic N) is 3. The highest BCUT2D eigenvalue weighted by Crippen LogP contribution is 2.40. The van der Waals surface area contributed by atoms with Gasteiger partial charge in [0.15, 0.2) is 0 Å². The van der Waals surface area contributed by atoms with E-state index in [-0.39, 0.29) is 60.5 Å². The number of hydrogen-bond donors (Lipinski definition) is 7. The van der Waals surface area contributed by atoms with Gasteiger partial charge in [-0.15, -0.1) is 0 Å². The first-order chi connectivity index (χ1) is 40.0. The summed E-state index contributed by atoms with van der Waals surface area (Å²) >= 11 is 0. The van der Waals surface area contributed by atoms with Crippen LogP contribution in [0.2, 0.25) is 0 Å². The maximum Gasteiger partial charge on any atom is 0.411 e. The number of hydrogen-bond acceptors (Lipinski definition) is 11. The first-order valence-electron chi connectivity index (χ1n) is 29.1. The number of fused-ring (bicyclic) bond motifs is 2. The zero-order valence-electron chi connectivity index (χ0n) is 51.8. The van der Waals surface area contributed by atoms with Crippen molar-refractivity contribution in [2.75, 3.05) is 22.6 Å². The van der Waals surface area contributed by atoms with Crippen LogP contribution in [0.3, 0.4) is 0 Å². The molecule has 7 amide bonds. The third-order valence-electron chi connectivity index (χ3n) is 15.8. The molecule has 4 aromatic rings. The van der Waals surface area contributed by atoms with Gasteiger partial charge in [-0.3, -0.25) is 34.1 Å². The fourth-order valence-electron chi connectivity index (χ4n) is 10.1. The SMILES string of the molecule is CC/C1=C(\N=N)c2ccccc2N(C(=O)CCCCC(=O)N[C@H](C(=O)N[C@@H](C)C(=O)Nc2ccc(COC(=O)Nc3cccc(C(C)(C)[C@H](C)C(=O)NC(C(=O)N(C)[C@H](/C=C(\C)C(=O)O)C(C)C)C(C)(C)C)c3)cc2)C(C)C)Cc2ccccc21. The van der Waals surface area contributed by atoms with Crippen molar-refractivity contribution in [1.82, 2.24) is 20.9 Å². The topological polar surface area (TPSA) is 269 Å². The van der Waals surface area contributed by atoms with Gasteiger partial charge in [0.05, 0.1) is 24.0 Å². The lowest BCUT2D eigenvalue weighted by atomic mass is 9.73. The lowest BCUT2D eigenvalue weighted by Crippen LogP contribution is -2.58. The van der Waals surface area contributed by atoms with Crippen LogP contribution in [0.25, 0.3) is 11.3 Å². The van der Waals surface area contributed by atoms with Crippen molar-refractivity contribution in [3.8, 4) is 0 Å². The standard InChI is InChI=1S/C66H87N9O10/c1-15-49-50-26-17-16-23-45(50)37-75(52-28-19-18-27-51(52)57(49)73-67)55(77)30-21-20-29-54(76)71-56(40(4)5)61(80)68-43(8)60(79)69-47-33-31-44(32-34-47)38-85-64(84)70-48-25-22-24-46(36-48)66(12,13)42(7)59(78)72-58(65(9,10)11)62(81)74(14)53(39(2)3)35-41(6)63(82)83/h16-19,22-28,31-36,39-40,42-43,53,56,58,67H,15,20-21,29-30,37-38H2,1-14H3,(H,68,80)(H,69,79)(H,70,84)(H,71,76)(H,72,78)(H,82,83)/b41-35+,57-49+,73-67?/t42-,43+,53-,56+,58?/m1/s1. The minimum atomic E-state index is -1.08. The second-order valence-corrected chi connectivity index (χ2v) is 24.2. The molecular formula is C66H87N9O10. The van der Waals surface area contributed by atoms with Crippen LogP contribution in [-0.2, 0) is 56.9 Å². The third kappa shape index (κ3) is 17.8. The van der Waals surface area contributed by atoms with E-state index in [1.807, 2.05) is 110 Å². The van der Waals surface area contributed by atoms with Gasteiger partial charge in [-0.2, -0.15) is 5.11 Å². The molecule has 0 bridgehead atoms. The molecule has 85 heavy (non-hydrogen) atoms. The van der Waals surface area contributed by atoms with Gasteiger partial charge < -0.3 is 40.9 Å². The number of nitrogens with one attached hydrogen (secondary N) is 6. The van der Waals surface area contributed by atoms with Crippen molar-refractivity contribution >= 4 is 75.8 Å². The van der Waals surface area contributed by atoms with Crippen LogP contribution in [0.5, 0.6) is 0 Å². The van der Waals surface area contributed by atoms with Gasteiger partial charge >= 0.3 is 12.1 Å². The molecular weight excluding hydrogens is 1080 g/mol. The summed E-state index contributed by atoms with van der Waals surface area (Å²) in [5.74, 6) is -4.36. The number of carbonyl (C=O) groups is 8. The predicted octanol–water partition coefficient (Wildman–Crippen LogP) is 11.4. The number of benzene rings is 4. The molecule has 0 aliphatic carbocycles. The quantitative estimate of drug-likeness (QED) is 0.0187. The van der Waals surface area contributed by atoms with Crippen molar-refractivity contribution in [2.24, 2.45) is 28.3 Å². The van der Waals surface area contributed by atoms with Gasteiger partial charge in [0, 0.05) is 53.7 Å². The molecule has 5 rings (SSSR count). The first-order valence-corrected chi connectivity index (χ1v) is 29.1. The second kappa shape index (κ2) is 29.9. The molecule has 0 fully saturated rings. The van der Waals surface area contributed by atoms with Gasteiger partial charge in [0.1, 0.15) is 24.7 Å². The Bertz CT molecular complexity index is 3160. The number of carboxylic acid groups (broad SMARTS) is 1. The van der Waals surface area contributed by atoms with Crippen molar-refractivity contribution in [1.29, 1.82) is 5.53 Å². The number of anilines is 3. The normalized spacial score (nSPS) is 15.3. The van der Waals surface area contributed by atoms with E-state index in [9.17, 15) is 43.5 Å². The molecule has 0 saturated carbocycles. The molecule has 7 N–H and O–H groups in total. The number of para-hydroxylation sites is 1. The average molecular weight is 1170 g/mol. The summed E-state index contributed by atoms with van der Waals surface area (Å²) in [5, 5.41) is 27.5. The fourth-order valence-corrected chi connectivity index (χ4v) is 10.1. The van der Waals surface area contributed by atoms with Crippen LogP contribution in [0.1, 0.15) is 150 Å². The van der Waals surface area contributed by atoms with Crippen LogP contribution >= 0.6 is 0 Å². The van der Waals surface area contributed by atoms with Gasteiger partial charge in [-0.05, 0) is 109 Å². The lowest BCUT2D eigenvalue weighted by molar-refractivity contribution is -0.141. The van der Waals surface area contributed by atoms with E-state index in [0.717, 1.165) is 22.3 Å². The summed E-state index contributed by atoms with van der Waals surface area (Å²) in [5.41, 5.74) is 13.7. The van der Waals surface area contributed by atoms with Gasteiger partial charge in [-0.25, -0.2) is 15.1 Å².